The summed E-state index contributed by atoms with van der Waals surface area (Å²) in [4.78, 5) is 19.8. The molecule has 1 aromatic heterocycles. The van der Waals surface area contributed by atoms with Gasteiger partial charge in [-0.25, -0.2) is 9.97 Å². The van der Waals surface area contributed by atoms with Crippen molar-refractivity contribution in [2.75, 3.05) is 23.4 Å². The fourth-order valence-electron chi connectivity index (χ4n) is 1.89. The molecule has 1 N–H and O–H groups in total. The molecule has 0 radical (unpaired) electrons. The third kappa shape index (κ3) is 5.16. The molecule has 1 amide bonds. The van der Waals surface area contributed by atoms with Crippen molar-refractivity contribution in [1.82, 2.24) is 9.97 Å². The molecule has 0 bridgehead atoms. The van der Waals surface area contributed by atoms with Crippen molar-refractivity contribution in [3.8, 4) is 0 Å². The summed E-state index contributed by atoms with van der Waals surface area (Å²) in [6.45, 7) is 2.72. The van der Waals surface area contributed by atoms with Crippen molar-refractivity contribution in [3.05, 3.63) is 18.0 Å². The zero-order chi connectivity index (χ0) is 13.5. The van der Waals surface area contributed by atoms with Crippen LogP contribution >= 0.6 is 11.8 Å². The maximum atomic E-state index is 11.7. The molecule has 5 nitrogen and oxygen atoms in total. The Kier molecular flexibility index (Phi) is 5.60. The Balaban J connectivity index is 1.67. The molecule has 19 heavy (non-hydrogen) atoms. The lowest BCUT2D eigenvalue weighted by atomic mass is 10.1. The highest BCUT2D eigenvalue weighted by atomic mass is 32.2. The van der Waals surface area contributed by atoms with Gasteiger partial charge in [0.25, 0.3) is 0 Å². The lowest BCUT2D eigenvalue weighted by molar-refractivity contribution is -0.113. The van der Waals surface area contributed by atoms with Crippen molar-refractivity contribution in [2.45, 2.75) is 32.3 Å². The molecule has 104 valence electrons. The first-order valence-electron chi connectivity index (χ1n) is 6.53. The third-order valence-electron chi connectivity index (χ3n) is 2.86. The molecule has 2 heterocycles. The highest BCUT2D eigenvalue weighted by Crippen LogP contribution is 2.17. The molecule has 1 aliphatic heterocycles. The Hall–Kier alpha value is -1.14. The SMILES string of the molecule is Cc1ccnc(NC(=O)CSC[C@@H]2CCCCO2)n1. The molecule has 1 aromatic rings. The number of hydrogen-bond acceptors (Lipinski definition) is 5. The van der Waals surface area contributed by atoms with Gasteiger partial charge in [-0.3, -0.25) is 10.1 Å². The van der Waals surface area contributed by atoms with Crippen molar-refractivity contribution >= 4 is 23.6 Å². The van der Waals surface area contributed by atoms with Crippen molar-refractivity contribution in [1.29, 1.82) is 0 Å². The number of nitrogens with zero attached hydrogens (tertiary/aromatic N) is 2. The van der Waals surface area contributed by atoms with Gasteiger partial charge >= 0.3 is 0 Å². The predicted molar refractivity (Wildman–Crippen MR) is 76.3 cm³/mol. The Morgan fingerprint density at radius 2 is 2.47 bits per heavy atom. The minimum absolute atomic E-state index is 0.0635. The van der Waals surface area contributed by atoms with Gasteiger partial charge in [-0.05, 0) is 32.3 Å². The maximum absolute atomic E-state index is 11.7. The number of carbonyl (C=O) groups is 1. The Labute approximate surface area is 117 Å². The predicted octanol–water partition coefficient (Wildman–Crippen LogP) is 2.03. The second-order valence-corrected chi connectivity index (χ2v) is 5.60. The van der Waals surface area contributed by atoms with E-state index in [9.17, 15) is 4.79 Å². The largest absolute Gasteiger partial charge is 0.377 e. The smallest absolute Gasteiger partial charge is 0.236 e. The number of ether oxygens (including phenoxy) is 1. The molecule has 0 unspecified atom stereocenters. The Morgan fingerprint density at radius 1 is 1.58 bits per heavy atom. The molecule has 1 fully saturated rings. The van der Waals surface area contributed by atoms with Crippen LogP contribution in [0.4, 0.5) is 5.95 Å². The average molecular weight is 281 g/mol. The van der Waals surface area contributed by atoms with Gasteiger partial charge in [-0.1, -0.05) is 0 Å². The van der Waals surface area contributed by atoms with E-state index >= 15 is 0 Å². The first-order chi connectivity index (χ1) is 9.24. The molecule has 0 saturated carbocycles. The fraction of sp³-hybridized carbons (Fsp3) is 0.615. The standard InChI is InChI=1S/C13H19N3O2S/c1-10-5-6-14-13(15-10)16-12(17)9-19-8-11-4-2-3-7-18-11/h5-6,11H,2-4,7-9H2,1H3,(H,14,15,16,17)/t11-/m0/s1. The highest BCUT2D eigenvalue weighted by molar-refractivity contribution is 8.00. The molecule has 1 aliphatic rings. The lowest BCUT2D eigenvalue weighted by Crippen LogP contribution is -2.23. The summed E-state index contributed by atoms with van der Waals surface area (Å²) in [5.41, 5.74) is 0.841. The van der Waals surface area contributed by atoms with Crippen LogP contribution in [0.25, 0.3) is 0 Å². The zero-order valence-corrected chi connectivity index (χ0v) is 11.9. The van der Waals surface area contributed by atoms with Crippen molar-refractivity contribution < 1.29 is 9.53 Å². The summed E-state index contributed by atoms with van der Waals surface area (Å²) in [6.07, 6.45) is 5.44. The van der Waals surface area contributed by atoms with Crippen LogP contribution in [0.15, 0.2) is 12.3 Å². The van der Waals surface area contributed by atoms with E-state index in [4.69, 9.17) is 4.74 Å². The monoisotopic (exact) mass is 281 g/mol. The van der Waals surface area contributed by atoms with E-state index < -0.39 is 0 Å². The van der Waals surface area contributed by atoms with Crippen LogP contribution in [-0.4, -0.2) is 40.1 Å². The first kappa shape index (κ1) is 14.3. The minimum atomic E-state index is -0.0635. The number of aromatic nitrogens is 2. The second kappa shape index (κ2) is 7.45. The summed E-state index contributed by atoms with van der Waals surface area (Å²) >= 11 is 1.60. The topological polar surface area (TPSA) is 64.1 Å². The van der Waals surface area contributed by atoms with Crippen LogP contribution in [0.5, 0.6) is 0 Å². The van der Waals surface area contributed by atoms with Crippen molar-refractivity contribution in [3.63, 3.8) is 0 Å². The number of anilines is 1. The molecule has 6 heteroatoms. The molecule has 2 rings (SSSR count). The zero-order valence-electron chi connectivity index (χ0n) is 11.1. The van der Waals surface area contributed by atoms with E-state index in [2.05, 4.69) is 15.3 Å². The second-order valence-electron chi connectivity index (χ2n) is 4.57. The molecular weight excluding hydrogens is 262 g/mol. The highest BCUT2D eigenvalue weighted by Gasteiger charge is 2.14. The van der Waals surface area contributed by atoms with E-state index in [1.807, 2.05) is 6.92 Å². The van der Waals surface area contributed by atoms with Gasteiger partial charge in [0.05, 0.1) is 11.9 Å². The van der Waals surface area contributed by atoms with E-state index in [1.165, 1.54) is 6.42 Å². The summed E-state index contributed by atoms with van der Waals surface area (Å²) in [7, 11) is 0. The van der Waals surface area contributed by atoms with Crippen LogP contribution in [-0.2, 0) is 9.53 Å². The number of aryl methyl sites for hydroxylation is 1. The molecule has 0 aliphatic carbocycles. The van der Waals surface area contributed by atoms with Gasteiger partial charge in [0.2, 0.25) is 11.9 Å². The van der Waals surface area contributed by atoms with Crippen molar-refractivity contribution in [2.24, 2.45) is 0 Å². The van der Waals surface area contributed by atoms with Crippen LogP contribution < -0.4 is 5.32 Å². The summed E-state index contributed by atoms with van der Waals surface area (Å²) < 4.78 is 5.62. The summed E-state index contributed by atoms with van der Waals surface area (Å²) in [5, 5.41) is 2.70. The lowest BCUT2D eigenvalue weighted by Gasteiger charge is -2.21. The van der Waals surface area contributed by atoms with Gasteiger partial charge < -0.3 is 4.74 Å². The van der Waals surface area contributed by atoms with Gasteiger partial charge in [0, 0.05) is 24.3 Å². The Bertz CT molecular complexity index is 422. The fourth-order valence-corrected chi connectivity index (χ4v) is 2.79. The third-order valence-corrected chi connectivity index (χ3v) is 3.93. The summed E-state index contributed by atoms with van der Waals surface area (Å²) in [6, 6.07) is 1.80. The number of hydrogen-bond donors (Lipinski definition) is 1. The summed E-state index contributed by atoms with van der Waals surface area (Å²) in [5.74, 6) is 1.60. The van der Waals surface area contributed by atoms with E-state index in [1.54, 1.807) is 24.0 Å². The van der Waals surface area contributed by atoms with E-state index in [0.717, 1.165) is 30.9 Å². The number of rotatable bonds is 5. The Morgan fingerprint density at radius 3 is 3.21 bits per heavy atom. The van der Waals surface area contributed by atoms with Gasteiger partial charge in [0.1, 0.15) is 0 Å². The molecular formula is C13H19N3O2S. The number of thioether (sulfide) groups is 1. The van der Waals surface area contributed by atoms with Gasteiger partial charge in [-0.15, -0.1) is 11.8 Å². The van der Waals surface area contributed by atoms with Crippen LogP contribution in [0.1, 0.15) is 25.0 Å². The molecule has 1 saturated heterocycles. The van der Waals surface area contributed by atoms with E-state index in [0.29, 0.717) is 17.8 Å². The minimum Gasteiger partial charge on any atom is -0.377 e. The molecule has 1 atom stereocenters. The van der Waals surface area contributed by atoms with Gasteiger partial charge in [-0.2, -0.15) is 0 Å². The maximum Gasteiger partial charge on any atom is 0.236 e. The number of amides is 1. The van der Waals surface area contributed by atoms with E-state index in [-0.39, 0.29) is 5.91 Å². The van der Waals surface area contributed by atoms with Gasteiger partial charge in [0.15, 0.2) is 0 Å². The van der Waals surface area contributed by atoms with Crippen LogP contribution in [0.2, 0.25) is 0 Å². The number of nitrogens with one attached hydrogen (secondary N) is 1. The number of carbonyl (C=O) groups excluding carboxylic acids is 1. The normalized spacial score (nSPS) is 19.1. The quantitative estimate of drug-likeness (QED) is 0.894. The molecule has 0 aromatic carbocycles. The molecule has 0 spiro atoms. The first-order valence-corrected chi connectivity index (χ1v) is 7.68. The van der Waals surface area contributed by atoms with Crippen LogP contribution in [0, 0.1) is 6.92 Å². The van der Waals surface area contributed by atoms with Crippen LogP contribution in [0.3, 0.4) is 0 Å². The average Bonchev–Trinajstić information content (AvgIpc) is 2.40.